The zero-order valence-electron chi connectivity index (χ0n) is 17.2. The topological polar surface area (TPSA) is 3.24 Å². The van der Waals surface area contributed by atoms with Crippen LogP contribution in [0.15, 0.2) is 97.1 Å². The van der Waals surface area contributed by atoms with Crippen molar-refractivity contribution < 1.29 is 0 Å². The maximum absolute atomic E-state index is 2.36. The molecule has 0 aromatic heterocycles. The van der Waals surface area contributed by atoms with E-state index in [-0.39, 0.29) is 5.41 Å². The molecule has 5 rings (SSSR count). The normalized spacial score (nSPS) is 13.6. The second kappa shape index (κ2) is 6.63. The average Bonchev–Trinajstić information content (AvgIpc) is 2.98. The summed E-state index contributed by atoms with van der Waals surface area (Å²) in [5, 5.41) is 0. The van der Waals surface area contributed by atoms with Gasteiger partial charge in [-0.2, -0.15) is 0 Å². The molecular formula is C28H25N. The Morgan fingerprint density at radius 2 is 1.14 bits per heavy atom. The monoisotopic (exact) mass is 375 g/mol. The summed E-state index contributed by atoms with van der Waals surface area (Å²) in [6, 6.07) is 35.1. The molecule has 1 aliphatic carbocycles. The molecule has 142 valence electrons. The van der Waals surface area contributed by atoms with Crippen molar-refractivity contribution in [2.75, 3.05) is 4.90 Å². The fourth-order valence-corrected chi connectivity index (χ4v) is 4.57. The quantitative estimate of drug-likeness (QED) is 0.353. The molecular weight excluding hydrogens is 350 g/mol. The van der Waals surface area contributed by atoms with Crippen molar-refractivity contribution in [3.8, 4) is 11.1 Å². The van der Waals surface area contributed by atoms with E-state index in [0.29, 0.717) is 0 Å². The Balaban J connectivity index is 1.71. The minimum atomic E-state index is 0.0336. The van der Waals surface area contributed by atoms with Gasteiger partial charge < -0.3 is 4.90 Å². The third-order valence-electron chi connectivity index (χ3n) is 6.13. The number of fused-ring (bicyclic) bond motifs is 3. The first-order valence-electron chi connectivity index (χ1n) is 10.2. The van der Waals surface area contributed by atoms with Crippen molar-refractivity contribution in [3.63, 3.8) is 0 Å². The van der Waals surface area contributed by atoms with Gasteiger partial charge in [0.25, 0.3) is 0 Å². The maximum Gasteiger partial charge on any atom is 0.0468 e. The molecule has 0 radical (unpaired) electrons. The van der Waals surface area contributed by atoms with Gasteiger partial charge >= 0.3 is 0 Å². The molecule has 1 heteroatoms. The largest absolute Gasteiger partial charge is 0.310 e. The third-order valence-corrected chi connectivity index (χ3v) is 6.13. The maximum atomic E-state index is 2.36. The van der Waals surface area contributed by atoms with E-state index in [2.05, 4.69) is 123 Å². The van der Waals surface area contributed by atoms with Crippen LogP contribution in [0.4, 0.5) is 17.1 Å². The summed E-state index contributed by atoms with van der Waals surface area (Å²) in [6.45, 7) is 6.78. The summed E-state index contributed by atoms with van der Waals surface area (Å²) < 4.78 is 0. The Bertz CT molecular complexity index is 1170. The molecule has 0 fully saturated rings. The van der Waals surface area contributed by atoms with Crippen molar-refractivity contribution >= 4 is 17.1 Å². The highest BCUT2D eigenvalue weighted by Gasteiger charge is 2.35. The molecule has 0 heterocycles. The zero-order valence-corrected chi connectivity index (χ0v) is 17.2. The molecule has 4 aromatic carbocycles. The number of nitrogens with zero attached hydrogens (tertiary/aromatic N) is 1. The van der Waals surface area contributed by atoms with Gasteiger partial charge in [-0.1, -0.05) is 80.1 Å². The molecule has 4 aromatic rings. The van der Waals surface area contributed by atoms with Gasteiger partial charge in [-0.3, -0.25) is 0 Å². The van der Waals surface area contributed by atoms with Crippen LogP contribution in [0.2, 0.25) is 0 Å². The Hall–Kier alpha value is -3.32. The highest BCUT2D eigenvalue weighted by atomic mass is 15.1. The lowest BCUT2D eigenvalue weighted by molar-refractivity contribution is 0.660. The van der Waals surface area contributed by atoms with Gasteiger partial charge in [0.2, 0.25) is 0 Å². The Kier molecular flexibility index (Phi) is 4.06. The van der Waals surface area contributed by atoms with Crippen LogP contribution in [-0.4, -0.2) is 0 Å². The number of rotatable bonds is 3. The minimum absolute atomic E-state index is 0.0336. The van der Waals surface area contributed by atoms with E-state index in [9.17, 15) is 0 Å². The molecule has 0 aliphatic heterocycles. The molecule has 0 bridgehead atoms. The molecule has 1 nitrogen and oxygen atoms in total. The molecule has 1 aliphatic rings. The SMILES string of the molecule is Cc1ccc(N(c2ccccc2)c2ccc3c(c2)-c2ccccc2C3(C)C)cc1. The van der Waals surface area contributed by atoms with E-state index in [4.69, 9.17) is 0 Å². The lowest BCUT2D eigenvalue weighted by atomic mass is 9.82. The van der Waals surface area contributed by atoms with E-state index >= 15 is 0 Å². The Morgan fingerprint density at radius 1 is 0.552 bits per heavy atom. The fraction of sp³-hybridized carbons (Fsp3) is 0.143. The fourth-order valence-electron chi connectivity index (χ4n) is 4.57. The minimum Gasteiger partial charge on any atom is -0.310 e. The van der Waals surface area contributed by atoms with Crippen LogP contribution in [0.1, 0.15) is 30.5 Å². The van der Waals surface area contributed by atoms with E-state index in [1.807, 2.05) is 0 Å². The van der Waals surface area contributed by atoms with Gasteiger partial charge in [0, 0.05) is 22.5 Å². The van der Waals surface area contributed by atoms with Crippen molar-refractivity contribution in [2.45, 2.75) is 26.2 Å². The molecule has 0 unspecified atom stereocenters. The zero-order chi connectivity index (χ0) is 20.0. The first-order chi connectivity index (χ1) is 14.1. The van der Waals surface area contributed by atoms with Gasteiger partial charge in [-0.25, -0.2) is 0 Å². The molecule has 29 heavy (non-hydrogen) atoms. The van der Waals surface area contributed by atoms with Crippen molar-refractivity contribution in [1.82, 2.24) is 0 Å². The van der Waals surface area contributed by atoms with E-state index in [1.54, 1.807) is 0 Å². The second-order valence-electron chi connectivity index (χ2n) is 8.41. The number of aryl methyl sites for hydroxylation is 1. The molecule has 0 spiro atoms. The summed E-state index contributed by atoms with van der Waals surface area (Å²) >= 11 is 0. The highest BCUT2D eigenvalue weighted by molar-refractivity contribution is 5.86. The third kappa shape index (κ3) is 2.86. The summed E-state index contributed by atoms with van der Waals surface area (Å²) in [5.41, 5.74) is 10.3. The molecule has 0 N–H and O–H groups in total. The first kappa shape index (κ1) is 17.8. The number of para-hydroxylation sites is 1. The molecule has 0 amide bonds. The van der Waals surface area contributed by atoms with Crippen LogP contribution in [0.25, 0.3) is 11.1 Å². The molecule has 0 saturated heterocycles. The van der Waals surface area contributed by atoms with Crippen LogP contribution < -0.4 is 4.90 Å². The summed E-state index contributed by atoms with van der Waals surface area (Å²) in [4.78, 5) is 2.34. The van der Waals surface area contributed by atoms with Gasteiger partial charge in [-0.15, -0.1) is 0 Å². The van der Waals surface area contributed by atoms with Crippen molar-refractivity contribution in [3.05, 3.63) is 114 Å². The standard InChI is InChI=1S/C28H25N/c1-20-13-15-22(16-14-20)29(21-9-5-4-6-10-21)23-17-18-27-25(19-23)24-11-7-8-12-26(24)28(27,2)3/h4-19H,1-3H3. The molecule has 0 atom stereocenters. The summed E-state index contributed by atoms with van der Waals surface area (Å²) in [5.74, 6) is 0. The lowest BCUT2D eigenvalue weighted by Crippen LogP contribution is -2.15. The summed E-state index contributed by atoms with van der Waals surface area (Å²) in [7, 11) is 0. The smallest absolute Gasteiger partial charge is 0.0468 e. The van der Waals surface area contributed by atoms with Crippen molar-refractivity contribution in [1.29, 1.82) is 0 Å². The highest BCUT2D eigenvalue weighted by Crippen LogP contribution is 2.50. The van der Waals surface area contributed by atoms with Crippen LogP contribution in [0.3, 0.4) is 0 Å². The van der Waals surface area contributed by atoms with Gasteiger partial charge in [0.15, 0.2) is 0 Å². The van der Waals surface area contributed by atoms with E-state index < -0.39 is 0 Å². The predicted octanol–water partition coefficient (Wildman–Crippen LogP) is 7.77. The second-order valence-corrected chi connectivity index (χ2v) is 8.41. The average molecular weight is 376 g/mol. The summed E-state index contributed by atoms with van der Waals surface area (Å²) in [6.07, 6.45) is 0. The first-order valence-corrected chi connectivity index (χ1v) is 10.2. The van der Waals surface area contributed by atoms with Gasteiger partial charge in [-0.05, 0) is 65.6 Å². The van der Waals surface area contributed by atoms with E-state index in [0.717, 1.165) is 0 Å². The lowest BCUT2D eigenvalue weighted by Gasteiger charge is -2.27. The number of hydrogen-bond acceptors (Lipinski definition) is 1. The number of anilines is 3. The Morgan fingerprint density at radius 3 is 1.90 bits per heavy atom. The van der Waals surface area contributed by atoms with Crippen LogP contribution in [0.5, 0.6) is 0 Å². The van der Waals surface area contributed by atoms with E-state index in [1.165, 1.54) is 44.9 Å². The van der Waals surface area contributed by atoms with Crippen molar-refractivity contribution in [2.24, 2.45) is 0 Å². The van der Waals surface area contributed by atoms with Gasteiger partial charge in [0.05, 0.1) is 0 Å². The van der Waals surface area contributed by atoms with Crippen LogP contribution in [0, 0.1) is 6.92 Å². The van der Waals surface area contributed by atoms with Crippen LogP contribution in [-0.2, 0) is 5.41 Å². The van der Waals surface area contributed by atoms with Gasteiger partial charge in [0.1, 0.15) is 0 Å². The number of benzene rings is 4. The predicted molar refractivity (Wildman–Crippen MR) is 123 cm³/mol. The van der Waals surface area contributed by atoms with Crippen LogP contribution >= 0.6 is 0 Å². The molecule has 0 saturated carbocycles. The Labute approximate surface area is 173 Å². The number of hydrogen-bond donors (Lipinski definition) is 0.